The molecule has 2 amide bonds. The molecule has 1 aromatic carbocycles. The fourth-order valence-electron chi connectivity index (χ4n) is 5.12. The minimum absolute atomic E-state index is 0.0165. The summed E-state index contributed by atoms with van der Waals surface area (Å²) < 4.78 is 6.15. The molecule has 0 bridgehead atoms. The number of piperazine rings is 1. The average molecular weight is 599 g/mol. The molecule has 0 saturated carbocycles. The van der Waals surface area contributed by atoms with Crippen molar-refractivity contribution in [3.05, 3.63) is 58.3 Å². The van der Waals surface area contributed by atoms with Gasteiger partial charge in [0.15, 0.2) is 5.75 Å². The molecule has 10 nitrogen and oxygen atoms in total. The Labute approximate surface area is 249 Å². The number of amides is 2. The van der Waals surface area contributed by atoms with E-state index in [0.29, 0.717) is 65.4 Å². The van der Waals surface area contributed by atoms with Gasteiger partial charge in [0.1, 0.15) is 0 Å². The summed E-state index contributed by atoms with van der Waals surface area (Å²) in [6.07, 6.45) is 6.20. The Bertz CT molecular complexity index is 1340. The number of piperidine rings is 1. The van der Waals surface area contributed by atoms with Crippen molar-refractivity contribution >= 4 is 41.5 Å². The lowest BCUT2D eigenvalue weighted by molar-refractivity contribution is -0.119. The van der Waals surface area contributed by atoms with Crippen molar-refractivity contribution in [2.45, 2.75) is 26.3 Å². The normalized spacial score (nSPS) is 16.5. The van der Waals surface area contributed by atoms with Crippen LogP contribution < -0.4 is 15.0 Å². The summed E-state index contributed by atoms with van der Waals surface area (Å²) in [6.45, 7) is 7.55. The summed E-state index contributed by atoms with van der Waals surface area (Å²) in [7, 11) is 0. The third kappa shape index (κ3) is 8.06. The van der Waals surface area contributed by atoms with Crippen LogP contribution in [0.2, 0.25) is 10.0 Å². The standard InChI is InChI=1S/C29H33Cl2N7O3/c1-20(40)32-15-21-2-4-36(5-3-21)18-22-10-27(23-12-24(30)14-25(31)13-23)35-28(11-22)41-26-16-33-29(34-17-26)38-8-6-37(19-39)7-9-38/h10-14,16-17,19,21H,2-9,15,18H2,1H3,(H,32,40). The molecule has 0 spiro atoms. The quantitative estimate of drug-likeness (QED) is 0.365. The maximum Gasteiger partial charge on any atom is 0.225 e. The Balaban J connectivity index is 1.31. The van der Waals surface area contributed by atoms with Crippen LogP contribution in [0.3, 0.4) is 0 Å². The van der Waals surface area contributed by atoms with E-state index in [1.807, 2.05) is 29.2 Å². The highest BCUT2D eigenvalue weighted by molar-refractivity contribution is 6.35. The van der Waals surface area contributed by atoms with Crippen molar-refractivity contribution in [3.63, 3.8) is 0 Å². The molecule has 2 fully saturated rings. The van der Waals surface area contributed by atoms with Gasteiger partial charge in [0.2, 0.25) is 24.1 Å². The predicted molar refractivity (Wildman–Crippen MR) is 158 cm³/mol. The number of benzene rings is 1. The fourth-order valence-corrected chi connectivity index (χ4v) is 5.65. The molecule has 41 heavy (non-hydrogen) atoms. The highest BCUT2D eigenvalue weighted by Crippen LogP contribution is 2.31. The van der Waals surface area contributed by atoms with Crippen LogP contribution in [-0.2, 0) is 16.1 Å². The van der Waals surface area contributed by atoms with Crippen molar-refractivity contribution in [1.82, 2.24) is 30.1 Å². The predicted octanol–water partition coefficient (Wildman–Crippen LogP) is 4.26. The Morgan fingerprint density at radius 3 is 2.32 bits per heavy atom. The van der Waals surface area contributed by atoms with Gasteiger partial charge in [-0.15, -0.1) is 0 Å². The number of pyridine rings is 1. The van der Waals surface area contributed by atoms with E-state index < -0.39 is 0 Å². The molecule has 5 rings (SSSR count). The summed E-state index contributed by atoms with van der Waals surface area (Å²) in [5.74, 6) is 2.00. The first-order chi connectivity index (χ1) is 19.8. The van der Waals surface area contributed by atoms with Crippen LogP contribution in [0, 0.1) is 5.92 Å². The van der Waals surface area contributed by atoms with Crippen LogP contribution in [0.15, 0.2) is 42.7 Å². The highest BCUT2D eigenvalue weighted by atomic mass is 35.5. The molecule has 2 aliphatic rings. The lowest BCUT2D eigenvalue weighted by Crippen LogP contribution is -2.46. The van der Waals surface area contributed by atoms with E-state index in [4.69, 9.17) is 32.9 Å². The number of nitrogens with one attached hydrogen (secondary N) is 1. The van der Waals surface area contributed by atoms with Gasteiger partial charge in [-0.1, -0.05) is 23.2 Å². The number of ether oxygens (including phenoxy) is 1. The fraction of sp³-hybridized carbons (Fsp3) is 0.414. The maximum absolute atomic E-state index is 11.3. The van der Waals surface area contributed by atoms with Gasteiger partial charge in [-0.05, 0) is 61.7 Å². The molecule has 0 unspecified atom stereocenters. The first-order valence-corrected chi connectivity index (χ1v) is 14.5. The molecule has 2 saturated heterocycles. The number of hydrogen-bond acceptors (Lipinski definition) is 8. The minimum atomic E-state index is 0.0165. The van der Waals surface area contributed by atoms with Crippen molar-refractivity contribution in [3.8, 4) is 22.9 Å². The van der Waals surface area contributed by atoms with Gasteiger partial charge in [-0.2, -0.15) is 0 Å². The molecule has 4 heterocycles. The SMILES string of the molecule is CC(=O)NCC1CCN(Cc2cc(Oc3cnc(N4CCN(C=O)CC4)nc3)nc(-c3cc(Cl)cc(Cl)c3)c2)CC1. The van der Waals surface area contributed by atoms with E-state index in [0.717, 1.165) is 56.6 Å². The topological polar surface area (TPSA) is 104 Å². The number of anilines is 1. The zero-order valence-corrected chi connectivity index (χ0v) is 24.4. The highest BCUT2D eigenvalue weighted by Gasteiger charge is 2.21. The number of rotatable bonds is 9. The van der Waals surface area contributed by atoms with E-state index in [1.54, 1.807) is 30.3 Å². The molecular formula is C29H33Cl2N7O3. The largest absolute Gasteiger partial charge is 0.436 e. The molecule has 216 valence electrons. The van der Waals surface area contributed by atoms with Gasteiger partial charge in [-0.3, -0.25) is 14.5 Å². The number of hydrogen-bond donors (Lipinski definition) is 1. The molecule has 3 aromatic rings. The third-order valence-corrected chi connectivity index (χ3v) is 7.79. The Morgan fingerprint density at radius 1 is 1.00 bits per heavy atom. The van der Waals surface area contributed by atoms with Crippen LogP contribution in [0.1, 0.15) is 25.3 Å². The smallest absolute Gasteiger partial charge is 0.225 e. The van der Waals surface area contributed by atoms with Crippen molar-refractivity contribution in [2.24, 2.45) is 5.92 Å². The molecule has 12 heteroatoms. The van der Waals surface area contributed by atoms with E-state index in [2.05, 4.69) is 20.2 Å². The molecule has 0 atom stereocenters. The zero-order chi connectivity index (χ0) is 28.8. The summed E-state index contributed by atoms with van der Waals surface area (Å²) in [5, 5.41) is 4.00. The monoisotopic (exact) mass is 597 g/mol. The van der Waals surface area contributed by atoms with Gasteiger partial charge in [0.25, 0.3) is 0 Å². The number of likely N-dealkylation sites (tertiary alicyclic amines) is 1. The van der Waals surface area contributed by atoms with Gasteiger partial charge in [-0.25, -0.2) is 15.0 Å². The summed E-state index contributed by atoms with van der Waals surface area (Å²) >= 11 is 12.6. The number of aromatic nitrogens is 3. The lowest BCUT2D eigenvalue weighted by atomic mass is 9.96. The summed E-state index contributed by atoms with van der Waals surface area (Å²) in [5.41, 5.74) is 2.55. The number of carbonyl (C=O) groups is 2. The second kappa shape index (κ2) is 13.5. The van der Waals surface area contributed by atoms with E-state index in [-0.39, 0.29) is 5.91 Å². The van der Waals surface area contributed by atoms with Gasteiger partial charge in [0, 0.05) is 67.9 Å². The van der Waals surface area contributed by atoms with Crippen LogP contribution >= 0.6 is 23.2 Å². The summed E-state index contributed by atoms with van der Waals surface area (Å²) in [4.78, 5) is 42.2. The lowest BCUT2D eigenvalue weighted by Gasteiger charge is -2.32. The Morgan fingerprint density at radius 2 is 1.68 bits per heavy atom. The Kier molecular flexibility index (Phi) is 9.53. The van der Waals surface area contributed by atoms with Crippen molar-refractivity contribution in [2.75, 3.05) is 50.7 Å². The van der Waals surface area contributed by atoms with Gasteiger partial charge >= 0.3 is 0 Å². The molecular weight excluding hydrogens is 565 g/mol. The molecule has 0 radical (unpaired) electrons. The summed E-state index contributed by atoms with van der Waals surface area (Å²) in [6, 6.07) is 9.33. The molecule has 2 aliphatic heterocycles. The molecule has 2 aromatic heterocycles. The number of nitrogens with zero attached hydrogens (tertiary/aromatic N) is 6. The van der Waals surface area contributed by atoms with E-state index >= 15 is 0 Å². The second-order valence-electron chi connectivity index (χ2n) is 10.5. The van der Waals surface area contributed by atoms with E-state index in [9.17, 15) is 9.59 Å². The van der Waals surface area contributed by atoms with Crippen molar-refractivity contribution in [1.29, 1.82) is 0 Å². The zero-order valence-electron chi connectivity index (χ0n) is 22.9. The van der Waals surface area contributed by atoms with E-state index in [1.165, 1.54) is 0 Å². The molecule has 1 N–H and O–H groups in total. The van der Waals surface area contributed by atoms with Crippen LogP contribution in [0.5, 0.6) is 11.6 Å². The van der Waals surface area contributed by atoms with Crippen LogP contribution in [0.25, 0.3) is 11.3 Å². The third-order valence-electron chi connectivity index (χ3n) is 7.36. The minimum Gasteiger partial charge on any atom is -0.436 e. The second-order valence-corrected chi connectivity index (χ2v) is 11.3. The van der Waals surface area contributed by atoms with Gasteiger partial charge in [0.05, 0.1) is 18.1 Å². The maximum atomic E-state index is 11.3. The van der Waals surface area contributed by atoms with Crippen molar-refractivity contribution < 1.29 is 14.3 Å². The van der Waals surface area contributed by atoms with Crippen LogP contribution in [-0.4, -0.2) is 82.9 Å². The first-order valence-electron chi connectivity index (χ1n) is 13.7. The number of carbonyl (C=O) groups excluding carboxylic acids is 2. The van der Waals surface area contributed by atoms with Crippen LogP contribution in [0.4, 0.5) is 5.95 Å². The number of halogens is 2. The van der Waals surface area contributed by atoms with Gasteiger partial charge < -0.3 is 19.9 Å². The Hall–Kier alpha value is -3.47. The first kappa shape index (κ1) is 29.0. The molecule has 0 aliphatic carbocycles. The average Bonchev–Trinajstić information content (AvgIpc) is 2.97.